The summed E-state index contributed by atoms with van der Waals surface area (Å²) in [6.07, 6.45) is 0.860. The van der Waals surface area contributed by atoms with Crippen molar-refractivity contribution >= 4 is 23.7 Å². The van der Waals surface area contributed by atoms with Crippen molar-refractivity contribution in [3.63, 3.8) is 0 Å². The summed E-state index contributed by atoms with van der Waals surface area (Å²) in [5.41, 5.74) is 2.66. The van der Waals surface area contributed by atoms with Crippen molar-refractivity contribution in [2.45, 2.75) is 64.4 Å². The molecule has 4 atom stereocenters. The average molecular weight is 572 g/mol. The zero-order valence-corrected chi connectivity index (χ0v) is 23.9. The molecule has 1 aliphatic rings. The number of benzene rings is 3. The van der Waals surface area contributed by atoms with Crippen LogP contribution in [0.3, 0.4) is 0 Å². The van der Waals surface area contributed by atoms with Crippen molar-refractivity contribution in [2.75, 3.05) is 0 Å². The summed E-state index contributed by atoms with van der Waals surface area (Å²) in [5, 5.41) is 8.11. The monoisotopic (exact) mass is 571 g/mol. The summed E-state index contributed by atoms with van der Waals surface area (Å²) in [5.74, 6) is -1.27. The number of ether oxygens (including phenoxy) is 2. The maximum Gasteiger partial charge on any atom is 0.329 e. The maximum atomic E-state index is 13.6. The number of hydrogen-bond donors (Lipinski definition) is 3. The Hall–Kier alpha value is -4.66. The third kappa shape index (κ3) is 8.67. The van der Waals surface area contributed by atoms with Gasteiger partial charge in [-0.05, 0) is 34.7 Å². The molecular weight excluding hydrogens is 534 g/mol. The second kappa shape index (κ2) is 14.8. The Kier molecular flexibility index (Phi) is 10.7. The molecule has 0 bridgehead atoms. The highest BCUT2D eigenvalue weighted by molar-refractivity contribution is 5.99. The topological polar surface area (TPSA) is 123 Å². The molecule has 1 heterocycles. The van der Waals surface area contributed by atoms with Gasteiger partial charge in [-0.3, -0.25) is 14.4 Å². The number of amides is 3. The molecule has 0 unspecified atom stereocenters. The van der Waals surface area contributed by atoms with E-state index in [1.807, 2.05) is 98.8 Å². The lowest BCUT2D eigenvalue weighted by atomic mass is 9.97. The molecule has 9 nitrogen and oxygen atoms in total. The Morgan fingerprint density at radius 2 is 1.45 bits per heavy atom. The van der Waals surface area contributed by atoms with Crippen molar-refractivity contribution in [1.29, 1.82) is 0 Å². The van der Waals surface area contributed by atoms with E-state index in [9.17, 15) is 19.2 Å². The summed E-state index contributed by atoms with van der Waals surface area (Å²) in [4.78, 5) is 50.8. The predicted octanol–water partition coefficient (Wildman–Crippen LogP) is 3.46. The van der Waals surface area contributed by atoms with Crippen LogP contribution in [0.2, 0.25) is 0 Å². The molecule has 3 N–H and O–H groups in total. The molecule has 0 aliphatic carbocycles. The average Bonchev–Trinajstić information content (AvgIpc) is 3.00. The minimum atomic E-state index is -0.987. The van der Waals surface area contributed by atoms with Crippen LogP contribution in [-0.2, 0) is 43.5 Å². The van der Waals surface area contributed by atoms with Gasteiger partial charge in [0.05, 0.1) is 6.42 Å². The van der Waals surface area contributed by atoms with E-state index in [4.69, 9.17) is 9.47 Å². The number of nitrogens with one attached hydrogen (secondary N) is 3. The minimum Gasteiger partial charge on any atom is -0.489 e. The number of carbonyl (C=O) groups excluding carboxylic acids is 4. The molecule has 1 fully saturated rings. The number of β-lactam (4-membered cyclic amide) rings is 1. The van der Waals surface area contributed by atoms with Crippen LogP contribution in [0, 0.1) is 5.92 Å². The molecule has 42 heavy (non-hydrogen) atoms. The minimum absolute atomic E-state index is 0.0644. The molecule has 0 saturated carbocycles. The SMILES string of the molecule is CC[C@H](C)[C@H](NC(=O)[C@H](Cc1ccc(OCc2ccccc2)cc1)NC(=O)[C@@H]1CC(=O)N1)C(=O)OCc1ccccc1. The first-order chi connectivity index (χ1) is 20.3. The maximum absolute atomic E-state index is 13.6. The summed E-state index contributed by atoms with van der Waals surface area (Å²) in [7, 11) is 0. The van der Waals surface area contributed by atoms with Gasteiger partial charge in [-0.1, -0.05) is 93.1 Å². The summed E-state index contributed by atoms with van der Waals surface area (Å²) in [6, 6.07) is 23.8. The van der Waals surface area contributed by atoms with E-state index in [1.54, 1.807) is 0 Å². The Bertz CT molecular complexity index is 1340. The third-order valence-electron chi connectivity index (χ3n) is 7.27. The molecular formula is C33H37N3O6. The van der Waals surface area contributed by atoms with Gasteiger partial charge in [-0.25, -0.2) is 4.79 Å². The lowest BCUT2D eigenvalue weighted by Gasteiger charge is -2.29. The molecule has 9 heteroatoms. The van der Waals surface area contributed by atoms with Crippen LogP contribution in [0.1, 0.15) is 43.4 Å². The van der Waals surface area contributed by atoms with Crippen molar-refractivity contribution < 1.29 is 28.7 Å². The fourth-order valence-corrected chi connectivity index (χ4v) is 4.44. The quantitative estimate of drug-likeness (QED) is 0.201. The predicted molar refractivity (Wildman–Crippen MR) is 157 cm³/mol. The van der Waals surface area contributed by atoms with Crippen LogP contribution in [-0.4, -0.2) is 41.8 Å². The lowest BCUT2D eigenvalue weighted by molar-refractivity contribution is -0.151. The van der Waals surface area contributed by atoms with E-state index in [-0.39, 0.29) is 31.3 Å². The molecule has 0 aromatic heterocycles. The fourth-order valence-electron chi connectivity index (χ4n) is 4.44. The largest absolute Gasteiger partial charge is 0.489 e. The van der Waals surface area contributed by atoms with E-state index >= 15 is 0 Å². The van der Waals surface area contributed by atoms with Crippen LogP contribution in [0.5, 0.6) is 5.75 Å². The standard InChI is InChI=1S/C33H37N3O6/c1-3-22(2)30(33(40)42-21-25-12-8-5-9-13-25)36-32(39)27(35-31(38)28-19-29(37)34-28)18-23-14-16-26(17-15-23)41-20-24-10-6-4-7-11-24/h4-17,22,27-28,30H,3,18-21H2,1-2H3,(H,34,37)(H,35,38)(H,36,39)/t22-,27-,28-,30-/m0/s1. The lowest BCUT2D eigenvalue weighted by Crippen LogP contribution is -2.61. The smallest absolute Gasteiger partial charge is 0.329 e. The number of hydrogen-bond acceptors (Lipinski definition) is 6. The van der Waals surface area contributed by atoms with E-state index in [2.05, 4.69) is 16.0 Å². The number of esters is 1. The van der Waals surface area contributed by atoms with Crippen molar-refractivity contribution in [3.8, 4) is 5.75 Å². The van der Waals surface area contributed by atoms with Gasteiger partial charge in [0.1, 0.15) is 37.1 Å². The van der Waals surface area contributed by atoms with Gasteiger partial charge < -0.3 is 25.4 Å². The van der Waals surface area contributed by atoms with Gasteiger partial charge in [0.15, 0.2) is 0 Å². The molecule has 220 valence electrons. The Morgan fingerprint density at radius 3 is 2.02 bits per heavy atom. The van der Waals surface area contributed by atoms with Gasteiger partial charge in [-0.15, -0.1) is 0 Å². The first kappa shape index (κ1) is 30.3. The van der Waals surface area contributed by atoms with E-state index in [0.717, 1.165) is 16.7 Å². The Balaban J connectivity index is 1.43. The summed E-state index contributed by atoms with van der Waals surface area (Å²) >= 11 is 0. The molecule has 0 spiro atoms. The number of carbonyl (C=O) groups is 4. The van der Waals surface area contributed by atoms with Crippen molar-refractivity contribution in [1.82, 2.24) is 16.0 Å². The Morgan fingerprint density at radius 1 is 0.857 bits per heavy atom. The first-order valence-electron chi connectivity index (χ1n) is 14.2. The second-order valence-corrected chi connectivity index (χ2v) is 10.5. The van der Waals surface area contributed by atoms with E-state index in [0.29, 0.717) is 18.8 Å². The first-order valence-corrected chi connectivity index (χ1v) is 14.2. The van der Waals surface area contributed by atoms with E-state index in [1.165, 1.54) is 0 Å². The van der Waals surface area contributed by atoms with Gasteiger partial charge >= 0.3 is 5.97 Å². The highest BCUT2D eigenvalue weighted by atomic mass is 16.5. The van der Waals surface area contributed by atoms with Crippen molar-refractivity contribution in [3.05, 3.63) is 102 Å². The molecule has 1 saturated heterocycles. The zero-order chi connectivity index (χ0) is 29.9. The summed E-state index contributed by atoms with van der Waals surface area (Å²) in [6.45, 7) is 4.29. The van der Waals surface area contributed by atoms with Gasteiger partial charge in [0, 0.05) is 6.42 Å². The van der Waals surface area contributed by atoms with Crippen molar-refractivity contribution in [2.24, 2.45) is 5.92 Å². The Labute approximate surface area is 246 Å². The fraction of sp³-hybridized carbons (Fsp3) is 0.333. The molecule has 4 rings (SSSR count). The van der Waals surface area contributed by atoms with Crippen LogP contribution in [0.15, 0.2) is 84.9 Å². The van der Waals surface area contributed by atoms with Crippen LogP contribution >= 0.6 is 0 Å². The van der Waals surface area contributed by atoms with Gasteiger partial charge in [0.25, 0.3) is 0 Å². The second-order valence-electron chi connectivity index (χ2n) is 10.5. The molecule has 3 amide bonds. The zero-order valence-electron chi connectivity index (χ0n) is 23.9. The third-order valence-corrected chi connectivity index (χ3v) is 7.27. The normalized spacial score (nSPS) is 16.1. The van der Waals surface area contributed by atoms with E-state index < -0.39 is 35.9 Å². The molecule has 0 radical (unpaired) electrons. The van der Waals surface area contributed by atoms with Gasteiger partial charge in [-0.2, -0.15) is 0 Å². The number of rotatable bonds is 14. The van der Waals surface area contributed by atoms with Crippen LogP contribution < -0.4 is 20.7 Å². The molecule has 3 aromatic carbocycles. The van der Waals surface area contributed by atoms with Crippen LogP contribution in [0.25, 0.3) is 0 Å². The van der Waals surface area contributed by atoms with Crippen LogP contribution in [0.4, 0.5) is 0 Å². The van der Waals surface area contributed by atoms with Gasteiger partial charge in [0.2, 0.25) is 17.7 Å². The summed E-state index contributed by atoms with van der Waals surface area (Å²) < 4.78 is 11.4. The highest BCUT2D eigenvalue weighted by Crippen LogP contribution is 2.17. The molecule has 3 aromatic rings. The highest BCUT2D eigenvalue weighted by Gasteiger charge is 2.36. The molecule has 1 aliphatic heterocycles.